The van der Waals surface area contributed by atoms with Gasteiger partial charge < -0.3 is 9.64 Å². The fourth-order valence-electron chi connectivity index (χ4n) is 3.37. The first-order chi connectivity index (χ1) is 10.6. The van der Waals surface area contributed by atoms with Crippen molar-refractivity contribution in [3.63, 3.8) is 0 Å². The number of hydrogen-bond donors (Lipinski definition) is 0. The molecule has 2 aliphatic heterocycles. The van der Waals surface area contributed by atoms with Crippen LogP contribution in [0.15, 0.2) is 24.3 Å². The van der Waals surface area contributed by atoms with Gasteiger partial charge in [0.25, 0.3) is 0 Å². The number of hydrogen-bond acceptors (Lipinski definition) is 3. The number of piperidine rings is 1. The van der Waals surface area contributed by atoms with Gasteiger partial charge in [-0.2, -0.15) is 0 Å². The minimum atomic E-state index is -0.410. The molecule has 2 heterocycles. The van der Waals surface area contributed by atoms with Crippen molar-refractivity contribution in [3.05, 3.63) is 29.8 Å². The van der Waals surface area contributed by atoms with Crippen LogP contribution in [0.2, 0.25) is 0 Å². The normalized spacial score (nSPS) is 19.7. The molecule has 118 valence electrons. The summed E-state index contributed by atoms with van der Waals surface area (Å²) < 4.78 is 6.18. The summed E-state index contributed by atoms with van der Waals surface area (Å²) in [6, 6.07) is 7.46. The molecule has 1 fully saturated rings. The highest BCUT2D eigenvalue weighted by Crippen LogP contribution is 2.39. The highest BCUT2D eigenvalue weighted by molar-refractivity contribution is 6.00. The van der Waals surface area contributed by atoms with E-state index in [2.05, 4.69) is 6.92 Å². The molecular weight excluding hydrogens is 278 g/mol. The Morgan fingerprint density at radius 1 is 1.27 bits per heavy atom. The van der Waals surface area contributed by atoms with E-state index in [4.69, 9.17) is 4.74 Å². The van der Waals surface area contributed by atoms with E-state index in [1.54, 1.807) is 0 Å². The molecule has 1 spiro atoms. The smallest absolute Gasteiger partial charge is 0.222 e. The summed E-state index contributed by atoms with van der Waals surface area (Å²) in [4.78, 5) is 26.4. The highest BCUT2D eigenvalue weighted by atomic mass is 16.5. The van der Waals surface area contributed by atoms with E-state index in [0.29, 0.717) is 37.2 Å². The Morgan fingerprint density at radius 2 is 2.00 bits per heavy atom. The summed E-state index contributed by atoms with van der Waals surface area (Å²) >= 11 is 0. The molecule has 4 heteroatoms. The van der Waals surface area contributed by atoms with Crippen LogP contribution in [0.25, 0.3) is 0 Å². The van der Waals surface area contributed by atoms with Crippen LogP contribution < -0.4 is 4.74 Å². The lowest BCUT2D eigenvalue weighted by molar-refractivity contribution is -0.134. The number of carbonyl (C=O) groups is 2. The van der Waals surface area contributed by atoms with E-state index < -0.39 is 5.60 Å². The zero-order valence-electron chi connectivity index (χ0n) is 13.1. The number of nitrogens with zero attached hydrogens (tertiary/aromatic N) is 1. The summed E-state index contributed by atoms with van der Waals surface area (Å²) in [5.41, 5.74) is 0.280. The third-order valence-electron chi connectivity index (χ3n) is 4.77. The van der Waals surface area contributed by atoms with Gasteiger partial charge in [0.05, 0.1) is 12.0 Å². The molecule has 0 aliphatic carbocycles. The summed E-state index contributed by atoms with van der Waals surface area (Å²) in [5.74, 6) is 1.09. The summed E-state index contributed by atoms with van der Waals surface area (Å²) in [6.07, 6.45) is 4.53. The third-order valence-corrected chi connectivity index (χ3v) is 4.77. The molecule has 0 aromatic heterocycles. The van der Waals surface area contributed by atoms with Crippen LogP contribution in [-0.4, -0.2) is 35.3 Å². The molecule has 0 bridgehead atoms. The van der Waals surface area contributed by atoms with E-state index in [-0.39, 0.29) is 11.7 Å². The number of ketones is 1. The minimum Gasteiger partial charge on any atom is -0.486 e. The monoisotopic (exact) mass is 301 g/mol. The van der Waals surface area contributed by atoms with Crippen LogP contribution in [-0.2, 0) is 4.79 Å². The molecule has 0 unspecified atom stereocenters. The first kappa shape index (κ1) is 15.1. The molecule has 4 nitrogen and oxygen atoms in total. The van der Waals surface area contributed by atoms with E-state index in [0.717, 1.165) is 25.7 Å². The van der Waals surface area contributed by atoms with Crippen molar-refractivity contribution in [1.82, 2.24) is 4.90 Å². The molecule has 1 amide bonds. The van der Waals surface area contributed by atoms with Crippen molar-refractivity contribution < 1.29 is 14.3 Å². The predicted molar refractivity (Wildman–Crippen MR) is 84.1 cm³/mol. The topological polar surface area (TPSA) is 46.6 Å². The number of likely N-dealkylation sites (tertiary alicyclic amines) is 1. The number of amides is 1. The van der Waals surface area contributed by atoms with Gasteiger partial charge in [-0.05, 0) is 18.6 Å². The highest BCUT2D eigenvalue weighted by Gasteiger charge is 2.43. The van der Waals surface area contributed by atoms with Crippen molar-refractivity contribution in [3.8, 4) is 5.75 Å². The van der Waals surface area contributed by atoms with Crippen LogP contribution in [0, 0.1) is 0 Å². The second-order valence-corrected chi connectivity index (χ2v) is 6.37. The molecule has 1 aromatic carbocycles. The molecule has 1 saturated heterocycles. The maximum absolute atomic E-state index is 12.4. The Bertz CT molecular complexity index is 573. The standard InChI is InChI=1S/C18H23NO3/c1-2-3-8-17(21)19-11-9-18(10-12-19)13-15(20)14-6-4-5-7-16(14)22-18/h4-7H,2-3,8-13H2,1H3. The van der Waals surface area contributed by atoms with Gasteiger partial charge in [-0.25, -0.2) is 0 Å². The number of Topliss-reactive ketones (excluding diaryl/α,β-unsaturated/α-hetero) is 1. The first-order valence-electron chi connectivity index (χ1n) is 8.22. The zero-order chi connectivity index (χ0) is 15.6. The number of fused-ring (bicyclic) bond motifs is 1. The lowest BCUT2D eigenvalue weighted by Gasteiger charge is -2.44. The molecule has 22 heavy (non-hydrogen) atoms. The zero-order valence-corrected chi connectivity index (χ0v) is 13.1. The molecule has 0 saturated carbocycles. The maximum atomic E-state index is 12.4. The Hall–Kier alpha value is -1.84. The van der Waals surface area contributed by atoms with Gasteiger partial charge in [-0.15, -0.1) is 0 Å². The first-order valence-corrected chi connectivity index (χ1v) is 8.22. The van der Waals surface area contributed by atoms with Gasteiger partial charge in [0.15, 0.2) is 5.78 Å². The fraction of sp³-hybridized carbons (Fsp3) is 0.556. The molecule has 1 aromatic rings. The molecule has 0 radical (unpaired) electrons. The lowest BCUT2D eigenvalue weighted by atomic mass is 9.82. The Balaban J connectivity index is 1.66. The maximum Gasteiger partial charge on any atom is 0.222 e. The molecule has 2 aliphatic rings. The number of unbranched alkanes of at least 4 members (excludes halogenated alkanes) is 1. The quantitative estimate of drug-likeness (QED) is 0.861. The lowest BCUT2D eigenvalue weighted by Crippen LogP contribution is -2.52. The van der Waals surface area contributed by atoms with Crippen LogP contribution in [0.5, 0.6) is 5.75 Å². The Kier molecular flexibility index (Phi) is 4.19. The second-order valence-electron chi connectivity index (χ2n) is 6.37. The summed E-state index contributed by atoms with van der Waals surface area (Å²) in [7, 11) is 0. The van der Waals surface area contributed by atoms with Gasteiger partial charge in [0, 0.05) is 32.4 Å². The molecule has 0 N–H and O–H groups in total. The molecular formula is C18H23NO3. The van der Waals surface area contributed by atoms with Crippen molar-refractivity contribution in [2.24, 2.45) is 0 Å². The Morgan fingerprint density at radius 3 is 2.73 bits per heavy atom. The van der Waals surface area contributed by atoms with Crippen molar-refractivity contribution in [1.29, 1.82) is 0 Å². The molecule has 0 atom stereocenters. The number of para-hydroxylation sites is 1. The Labute approximate surface area is 131 Å². The van der Waals surface area contributed by atoms with Crippen molar-refractivity contribution in [2.75, 3.05) is 13.1 Å². The van der Waals surface area contributed by atoms with Crippen LogP contribution >= 0.6 is 0 Å². The van der Waals surface area contributed by atoms with E-state index in [1.165, 1.54) is 0 Å². The third kappa shape index (κ3) is 2.87. The van der Waals surface area contributed by atoms with Gasteiger partial charge >= 0.3 is 0 Å². The molecule has 3 rings (SSSR count). The van der Waals surface area contributed by atoms with Crippen molar-refractivity contribution in [2.45, 2.75) is 51.0 Å². The average Bonchev–Trinajstić information content (AvgIpc) is 2.53. The van der Waals surface area contributed by atoms with Gasteiger partial charge in [0.1, 0.15) is 11.4 Å². The van der Waals surface area contributed by atoms with Crippen LogP contribution in [0.3, 0.4) is 0 Å². The summed E-state index contributed by atoms with van der Waals surface area (Å²) in [6.45, 7) is 3.48. The van der Waals surface area contributed by atoms with E-state index in [9.17, 15) is 9.59 Å². The fourth-order valence-corrected chi connectivity index (χ4v) is 3.37. The van der Waals surface area contributed by atoms with Crippen LogP contribution in [0.4, 0.5) is 0 Å². The number of benzene rings is 1. The number of rotatable bonds is 3. The number of ether oxygens (including phenoxy) is 1. The minimum absolute atomic E-state index is 0.160. The summed E-state index contributed by atoms with van der Waals surface area (Å²) in [5, 5.41) is 0. The van der Waals surface area contributed by atoms with E-state index >= 15 is 0 Å². The van der Waals surface area contributed by atoms with Crippen LogP contribution in [0.1, 0.15) is 55.8 Å². The largest absolute Gasteiger partial charge is 0.486 e. The SMILES string of the molecule is CCCCC(=O)N1CCC2(CC1)CC(=O)c1ccccc1O2. The van der Waals surface area contributed by atoms with Crippen molar-refractivity contribution >= 4 is 11.7 Å². The van der Waals surface area contributed by atoms with Gasteiger partial charge in [0.2, 0.25) is 5.91 Å². The van der Waals surface area contributed by atoms with E-state index in [1.807, 2.05) is 29.2 Å². The second kappa shape index (κ2) is 6.11. The van der Waals surface area contributed by atoms with Gasteiger partial charge in [-0.3, -0.25) is 9.59 Å². The number of carbonyl (C=O) groups excluding carboxylic acids is 2. The van der Waals surface area contributed by atoms with Gasteiger partial charge in [-0.1, -0.05) is 25.5 Å². The average molecular weight is 301 g/mol. The predicted octanol–water partition coefficient (Wildman–Crippen LogP) is 3.20.